The Balaban J connectivity index is 1.58. The third-order valence-electron chi connectivity index (χ3n) is 4.03. The predicted octanol–water partition coefficient (Wildman–Crippen LogP) is 3.14. The first-order chi connectivity index (χ1) is 13.1. The molecule has 0 radical (unpaired) electrons. The number of ether oxygens (including phenoxy) is 2. The zero-order valence-corrected chi connectivity index (χ0v) is 15.1. The third-order valence-corrected chi connectivity index (χ3v) is 4.03. The zero-order chi connectivity index (χ0) is 19.2. The number of carbonyl (C=O) groups excluding carboxylic acids is 1. The number of aromatic nitrogens is 2. The minimum atomic E-state index is -0.401. The summed E-state index contributed by atoms with van der Waals surface area (Å²) in [6, 6.07) is 13.5. The summed E-state index contributed by atoms with van der Waals surface area (Å²) >= 11 is 0. The molecule has 0 unspecified atom stereocenters. The Hall–Kier alpha value is -3.35. The van der Waals surface area contributed by atoms with Gasteiger partial charge in [0.15, 0.2) is 0 Å². The third kappa shape index (κ3) is 4.25. The van der Waals surface area contributed by atoms with Gasteiger partial charge in [-0.25, -0.2) is 9.07 Å². The average molecular weight is 369 g/mol. The van der Waals surface area contributed by atoms with Crippen LogP contribution >= 0.6 is 0 Å². The van der Waals surface area contributed by atoms with Crippen molar-refractivity contribution in [2.75, 3.05) is 20.3 Å². The largest absolute Gasteiger partial charge is 0.497 e. The van der Waals surface area contributed by atoms with E-state index in [0.29, 0.717) is 41.6 Å². The summed E-state index contributed by atoms with van der Waals surface area (Å²) in [5.41, 5.74) is 1.25. The molecule has 0 aliphatic carbocycles. The molecule has 7 heteroatoms. The van der Waals surface area contributed by atoms with Gasteiger partial charge in [0.2, 0.25) is 0 Å². The molecule has 0 saturated heterocycles. The number of benzene rings is 2. The zero-order valence-electron chi connectivity index (χ0n) is 15.1. The van der Waals surface area contributed by atoms with E-state index in [-0.39, 0.29) is 5.91 Å². The number of hydrogen-bond donors (Lipinski definition) is 1. The molecule has 0 fully saturated rings. The SMILES string of the molecule is COc1cccc(OCCNC(=O)c2cnn(-c3ccccc3F)c2C)c1. The van der Waals surface area contributed by atoms with E-state index in [1.165, 1.54) is 16.9 Å². The minimum Gasteiger partial charge on any atom is -0.497 e. The highest BCUT2D eigenvalue weighted by Gasteiger charge is 2.16. The Bertz CT molecular complexity index is 940. The molecular formula is C20H20FN3O3. The first kappa shape index (κ1) is 18.4. The topological polar surface area (TPSA) is 65.4 Å². The van der Waals surface area contributed by atoms with Crippen molar-refractivity contribution in [1.82, 2.24) is 15.1 Å². The first-order valence-corrected chi connectivity index (χ1v) is 8.44. The van der Waals surface area contributed by atoms with Crippen LogP contribution in [0.15, 0.2) is 54.7 Å². The number of para-hydroxylation sites is 1. The molecular weight excluding hydrogens is 349 g/mol. The maximum atomic E-state index is 13.9. The Labute approximate surface area is 156 Å². The maximum absolute atomic E-state index is 13.9. The Morgan fingerprint density at radius 1 is 1.19 bits per heavy atom. The first-order valence-electron chi connectivity index (χ1n) is 8.44. The fourth-order valence-corrected chi connectivity index (χ4v) is 2.62. The van der Waals surface area contributed by atoms with Crippen molar-refractivity contribution in [2.24, 2.45) is 0 Å². The number of nitrogens with zero attached hydrogens (tertiary/aromatic N) is 2. The average Bonchev–Trinajstić information content (AvgIpc) is 3.07. The number of hydrogen-bond acceptors (Lipinski definition) is 4. The molecule has 6 nitrogen and oxygen atoms in total. The van der Waals surface area contributed by atoms with Crippen LogP contribution in [0.2, 0.25) is 0 Å². The molecule has 0 bridgehead atoms. The molecule has 0 spiro atoms. The van der Waals surface area contributed by atoms with E-state index >= 15 is 0 Å². The second-order valence-electron chi connectivity index (χ2n) is 5.79. The van der Waals surface area contributed by atoms with Crippen LogP contribution in [-0.2, 0) is 0 Å². The second kappa shape index (κ2) is 8.35. The summed E-state index contributed by atoms with van der Waals surface area (Å²) < 4.78 is 26.1. The van der Waals surface area contributed by atoms with Gasteiger partial charge in [-0.3, -0.25) is 4.79 Å². The molecule has 0 atom stereocenters. The van der Waals surface area contributed by atoms with Crippen molar-refractivity contribution in [2.45, 2.75) is 6.92 Å². The van der Waals surface area contributed by atoms with Crippen molar-refractivity contribution in [3.8, 4) is 17.2 Å². The molecule has 3 aromatic rings. The van der Waals surface area contributed by atoms with Gasteiger partial charge in [-0.2, -0.15) is 5.10 Å². The summed E-state index contributed by atoms with van der Waals surface area (Å²) in [4.78, 5) is 12.4. The summed E-state index contributed by atoms with van der Waals surface area (Å²) in [6.07, 6.45) is 1.43. The lowest BCUT2D eigenvalue weighted by atomic mass is 10.2. The van der Waals surface area contributed by atoms with E-state index in [9.17, 15) is 9.18 Å². The lowest BCUT2D eigenvalue weighted by molar-refractivity contribution is 0.0946. The smallest absolute Gasteiger partial charge is 0.254 e. The van der Waals surface area contributed by atoms with E-state index in [0.717, 1.165) is 0 Å². The predicted molar refractivity (Wildman–Crippen MR) is 99.1 cm³/mol. The summed E-state index contributed by atoms with van der Waals surface area (Å²) in [6.45, 7) is 2.35. The fraction of sp³-hybridized carbons (Fsp3) is 0.200. The quantitative estimate of drug-likeness (QED) is 0.650. The molecule has 1 aromatic heterocycles. The standard InChI is InChI=1S/C20H20FN3O3/c1-14-17(13-23-24(14)19-9-4-3-8-18(19)21)20(25)22-10-11-27-16-7-5-6-15(12-16)26-2/h3-9,12-13H,10-11H2,1-2H3,(H,22,25). The van der Waals surface area contributed by atoms with Gasteiger partial charge in [-0.1, -0.05) is 18.2 Å². The van der Waals surface area contributed by atoms with Crippen LogP contribution in [0.5, 0.6) is 11.5 Å². The van der Waals surface area contributed by atoms with Crippen LogP contribution in [0.3, 0.4) is 0 Å². The molecule has 0 aliphatic heterocycles. The van der Waals surface area contributed by atoms with Crippen LogP contribution in [-0.4, -0.2) is 35.9 Å². The van der Waals surface area contributed by atoms with Crippen molar-refractivity contribution in [3.05, 3.63) is 71.8 Å². The molecule has 0 aliphatic rings. The van der Waals surface area contributed by atoms with E-state index in [4.69, 9.17) is 9.47 Å². The number of amides is 1. The van der Waals surface area contributed by atoms with Gasteiger partial charge < -0.3 is 14.8 Å². The summed E-state index contributed by atoms with van der Waals surface area (Å²) in [5, 5.41) is 6.91. The van der Waals surface area contributed by atoms with E-state index < -0.39 is 5.82 Å². The number of nitrogens with one attached hydrogen (secondary N) is 1. The van der Waals surface area contributed by atoms with Gasteiger partial charge in [0, 0.05) is 6.07 Å². The van der Waals surface area contributed by atoms with E-state index in [2.05, 4.69) is 10.4 Å². The van der Waals surface area contributed by atoms with Gasteiger partial charge in [0.25, 0.3) is 5.91 Å². The van der Waals surface area contributed by atoms with Gasteiger partial charge in [0.1, 0.15) is 29.6 Å². The lowest BCUT2D eigenvalue weighted by Crippen LogP contribution is -2.28. The van der Waals surface area contributed by atoms with Gasteiger partial charge in [-0.05, 0) is 31.2 Å². The molecule has 27 heavy (non-hydrogen) atoms. The Morgan fingerprint density at radius 2 is 1.96 bits per heavy atom. The highest BCUT2D eigenvalue weighted by molar-refractivity contribution is 5.95. The summed E-state index contributed by atoms with van der Waals surface area (Å²) in [5.74, 6) is 0.673. The van der Waals surface area contributed by atoms with E-state index in [1.54, 1.807) is 38.3 Å². The highest BCUT2D eigenvalue weighted by Crippen LogP contribution is 2.19. The van der Waals surface area contributed by atoms with Crippen molar-refractivity contribution < 1.29 is 18.7 Å². The van der Waals surface area contributed by atoms with Crippen LogP contribution in [0.4, 0.5) is 4.39 Å². The van der Waals surface area contributed by atoms with Crippen molar-refractivity contribution in [1.29, 1.82) is 0 Å². The van der Waals surface area contributed by atoms with Crippen molar-refractivity contribution >= 4 is 5.91 Å². The minimum absolute atomic E-state index is 0.288. The van der Waals surface area contributed by atoms with Crippen LogP contribution in [0, 0.1) is 12.7 Å². The monoisotopic (exact) mass is 369 g/mol. The van der Waals surface area contributed by atoms with Crippen LogP contribution in [0.25, 0.3) is 5.69 Å². The van der Waals surface area contributed by atoms with Crippen molar-refractivity contribution in [3.63, 3.8) is 0 Å². The van der Waals surface area contributed by atoms with Crippen LogP contribution in [0.1, 0.15) is 16.1 Å². The molecule has 2 aromatic carbocycles. The fourth-order valence-electron chi connectivity index (χ4n) is 2.62. The van der Waals surface area contributed by atoms with Gasteiger partial charge in [0.05, 0.1) is 31.1 Å². The Morgan fingerprint density at radius 3 is 2.74 bits per heavy atom. The second-order valence-corrected chi connectivity index (χ2v) is 5.79. The number of rotatable bonds is 7. The molecule has 3 rings (SSSR count). The lowest BCUT2D eigenvalue weighted by Gasteiger charge is -2.09. The van der Waals surface area contributed by atoms with Gasteiger partial charge >= 0.3 is 0 Å². The van der Waals surface area contributed by atoms with Crippen LogP contribution < -0.4 is 14.8 Å². The molecule has 1 N–H and O–H groups in total. The highest BCUT2D eigenvalue weighted by atomic mass is 19.1. The molecule has 1 amide bonds. The Kier molecular flexibility index (Phi) is 5.71. The molecule has 140 valence electrons. The summed E-state index contributed by atoms with van der Waals surface area (Å²) in [7, 11) is 1.59. The number of methoxy groups -OCH3 is 1. The van der Waals surface area contributed by atoms with Gasteiger partial charge in [-0.15, -0.1) is 0 Å². The molecule has 0 saturated carbocycles. The molecule has 1 heterocycles. The maximum Gasteiger partial charge on any atom is 0.254 e. The normalized spacial score (nSPS) is 10.5. The number of carbonyl (C=O) groups is 1. The number of halogens is 1. The van der Waals surface area contributed by atoms with E-state index in [1.807, 2.05) is 18.2 Å².